The summed E-state index contributed by atoms with van der Waals surface area (Å²) in [5.74, 6) is 3.96. The molecule has 0 saturated heterocycles. The summed E-state index contributed by atoms with van der Waals surface area (Å²) in [7, 11) is -3.40. The van der Waals surface area contributed by atoms with Gasteiger partial charge in [-0.05, 0) is 48.4 Å². The molecule has 7 heteroatoms. The Morgan fingerprint density at radius 2 is 1.30 bits per heavy atom. The zero-order valence-corrected chi connectivity index (χ0v) is 22.5. The Labute approximate surface area is 226 Å². The highest BCUT2D eigenvalue weighted by atomic mass is 35.5. The van der Waals surface area contributed by atoms with E-state index < -0.39 is 7.29 Å². The molecule has 4 nitrogen and oxygen atoms in total. The predicted octanol–water partition coefficient (Wildman–Crippen LogP) is 9.50. The van der Waals surface area contributed by atoms with Crippen LogP contribution in [0.2, 0.25) is 0 Å². The monoisotopic (exact) mass is 543 g/mol. The van der Waals surface area contributed by atoms with Crippen LogP contribution in [0.15, 0.2) is 121 Å². The fourth-order valence-corrected chi connectivity index (χ4v) is 7.00. The maximum absolute atomic E-state index is 14.3. The fourth-order valence-electron chi connectivity index (χ4n) is 4.16. The normalized spacial score (nSPS) is 12.6. The lowest BCUT2D eigenvalue weighted by Crippen LogP contribution is -1.97. The molecule has 5 aromatic rings. The molecule has 5 rings (SSSR count). The number of nitrogens with zero attached hydrogens (tertiary/aromatic N) is 2. The van der Waals surface area contributed by atoms with E-state index in [0.717, 1.165) is 33.7 Å². The van der Waals surface area contributed by atoms with Crippen molar-refractivity contribution >= 4 is 57.3 Å². The molecular weight excluding hydrogens is 520 g/mol. The molecule has 184 valence electrons. The van der Waals surface area contributed by atoms with E-state index in [-0.39, 0.29) is 0 Å². The molecule has 0 amide bonds. The largest absolute Gasteiger partial charge is 0.330 e. The molecule has 0 unspecified atom stereocenters. The van der Waals surface area contributed by atoms with Gasteiger partial charge in [-0.3, -0.25) is 9.13 Å². The molecule has 1 N–H and O–H groups in total. The Hall–Kier alpha value is -3.56. The van der Waals surface area contributed by atoms with E-state index >= 15 is 0 Å². The lowest BCUT2D eigenvalue weighted by Gasteiger charge is -2.16. The number of aromatic nitrogens is 2. The quantitative estimate of drug-likeness (QED) is 0.208. The van der Waals surface area contributed by atoms with Crippen LogP contribution in [0.5, 0.6) is 0 Å². The molecule has 0 aliphatic rings. The van der Waals surface area contributed by atoms with Crippen molar-refractivity contribution in [2.24, 2.45) is 0 Å². The van der Waals surface area contributed by atoms with E-state index in [4.69, 9.17) is 28.2 Å². The van der Waals surface area contributed by atoms with Gasteiger partial charge in [-0.1, -0.05) is 102 Å². The molecule has 0 atom stereocenters. The van der Waals surface area contributed by atoms with Gasteiger partial charge in [0, 0.05) is 23.0 Å². The molecule has 1 heterocycles. The second-order valence-electron chi connectivity index (χ2n) is 8.54. The number of imidazole rings is 1. The van der Waals surface area contributed by atoms with Crippen LogP contribution in [0.3, 0.4) is 0 Å². The Kier molecular flexibility index (Phi) is 7.34. The molecule has 0 radical (unpaired) electrons. The minimum absolute atomic E-state index is 0.371. The minimum atomic E-state index is -3.40. The summed E-state index contributed by atoms with van der Waals surface area (Å²) in [4.78, 5) is 4.75. The third kappa shape index (κ3) is 5.73. The summed E-state index contributed by atoms with van der Waals surface area (Å²) in [6.07, 6.45) is 0. The Balaban J connectivity index is 1.56. The van der Waals surface area contributed by atoms with Crippen molar-refractivity contribution in [1.29, 1.82) is 0 Å². The molecule has 0 spiro atoms. The van der Waals surface area contributed by atoms with Crippen LogP contribution in [0.1, 0.15) is 17.0 Å². The summed E-state index contributed by atoms with van der Waals surface area (Å²) in [6.45, 7) is 1.97. The van der Waals surface area contributed by atoms with Gasteiger partial charge in [0.05, 0.1) is 21.1 Å². The molecule has 4 aromatic carbocycles. The number of anilines is 1. The maximum atomic E-state index is 14.3. The molecule has 0 fully saturated rings. The van der Waals surface area contributed by atoms with Crippen LogP contribution >= 0.6 is 30.5 Å². The van der Waals surface area contributed by atoms with Crippen LogP contribution in [0.25, 0.3) is 26.8 Å². The van der Waals surface area contributed by atoms with Gasteiger partial charge in [0.1, 0.15) is 5.82 Å². The third-order valence-corrected chi connectivity index (χ3v) is 8.70. The van der Waals surface area contributed by atoms with Crippen LogP contribution < -0.4 is 5.09 Å². The molecule has 0 saturated carbocycles. The highest BCUT2D eigenvalue weighted by Gasteiger charge is 2.20. The number of fused-ring (bicyclic) bond motifs is 1. The van der Waals surface area contributed by atoms with Gasteiger partial charge in [0.15, 0.2) is 0 Å². The number of para-hydroxylation sites is 1. The van der Waals surface area contributed by atoms with Crippen molar-refractivity contribution in [3.05, 3.63) is 138 Å². The highest BCUT2D eigenvalue weighted by Crippen LogP contribution is 2.53. The van der Waals surface area contributed by atoms with Gasteiger partial charge in [-0.2, -0.15) is 0 Å². The third-order valence-electron chi connectivity index (χ3n) is 5.85. The average molecular weight is 544 g/mol. The first-order chi connectivity index (χ1) is 17.9. The van der Waals surface area contributed by atoms with Gasteiger partial charge >= 0.3 is 0 Å². The van der Waals surface area contributed by atoms with Crippen molar-refractivity contribution < 1.29 is 4.57 Å². The van der Waals surface area contributed by atoms with Crippen LogP contribution in [0, 0.1) is 6.92 Å². The topological polar surface area (TPSA) is 46.9 Å². The molecule has 0 aliphatic heterocycles. The van der Waals surface area contributed by atoms with Crippen molar-refractivity contribution in [3.63, 3.8) is 0 Å². The van der Waals surface area contributed by atoms with E-state index in [9.17, 15) is 4.57 Å². The molecule has 0 bridgehead atoms. The SMILES string of the molecule is Cc1nc2cc(NP(=O)(/C=C(/Cl)c3ccccc3)/C=C(/Cl)c3ccccc3)ccc2n1-c1ccccc1. The number of hydrogen-bond donors (Lipinski definition) is 1. The predicted molar refractivity (Wildman–Crippen MR) is 158 cm³/mol. The number of benzene rings is 4. The molecule has 0 aliphatic carbocycles. The Morgan fingerprint density at radius 1 is 0.784 bits per heavy atom. The number of rotatable bonds is 7. The zero-order chi connectivity index (χ0) is 25.8. The first kappa shape index (κ1) is 25.1. The Bertz CT molecular complexity index is 1590. The summed E-state index contributed by atoms with van der Waals surface area (Å²) in [5, 5.41) is 3.94. The van der Waals surface area contributed by atoms with Crippen molar-refractivity contribution in [1.82, 2.24) is 9.55 Å². The molecule has 1 aromatic heterocycles. The second-order valence-corrected chi connectivity index (χ2v) is 11.5. The van der Waals surface area contributed by atoms with Gasteiger partial charge in [-0.15, -0.1) is 0 Å². The first-order valence-electron chi connectivity index (χ1n) is 11.7. The summed E-state index contributed by atoms with van der Waals surface area (Å²) < 4.78 is 16.4. The van der Waals surface area contributed by atoms with Gasteiger partial charge in [-0.25, -0.2) is 4.98 Å². The van der Waals surface area contributed by atoms with Crippen molar-refractivity contribution in [3.8, 4) is 5.69 Å². The van der Waals surface area contributed by atoms with E-state index in [1.165, 1.54) is 0 Å². The van der Waals surface area contributed by atoms with E-state index in [1.807, 2.05) is 116 Å². The lowest BCUT2D eigenvalue weighted by atomic mass is 10.2. The number of hydrogen-bond acceptors (Lipinski definition) is 2. The summed E-state index contributed by atoms with van der Waals surface area (Å²) in [6, 6.07) is 34.7. The zero-order valence-electron chi connectivity index (χ0n) is 20.1. The summed E-state index contributed by atoms with van der Waals surface area (Å²) >= 11 is 13.3. The Morgan fingerprint density at radius 3 is 1.84 bits per heavy atom. The van der Waals surface area contributed by atoms with E-state index in [0.29, 0.717) is 15.8 Å². The molecular formula is C30H24Cl2N3OP. The summed E-state index contributed by atoms with van der Waals surface area (Å²) in [5.41, 5.74) is 4.96. The maximum Gasteiger partial charge on any atom is 0.216 e. The van der Waals surface area contributed by atoms with Gasteiger partial charge in [0.2, 0.25) is 7.29 Å². The fraction of sp³-hybridized carbons (Fsp3) is 0.0333. The van der Waals surface area contributed by atoms with Crippen molar-refractivity contribution in [2.75, 3.05) is 5.09 Å². The average Bonchev–Trinajstić information content (AvgIpc) is 3.24. The van der Waals surface area contributed by atoms with Crippen LogP contribution in [-0.4, -0.2) is 9.55 Å². The van der Waals surface area contributed by atoms with Crippen LogP contribution in [0.4, 0.5) is 5.69 Å². The molecule has 37 heavy (non-hydrogen) atoms. The highest BCUT2D eigenvalue weighted by molar-refractivity contribution is 7.72. The number of halogens is 2. The van der Waals surface area contributed by atoms with Crippen LogP contribution in [-0.2, 0) is 4.57 Å². The number of aryl methyl sites for hydroxylation is 1. The standard InChI is InChI=1S/C30H24Cl2N3OP/c1-22-33-29-19-25(17-18-30(29)35(22)26-15-9-4-10-16-26)34-37(36,20-27(31)23-11-5-2-6-12-23)21-28(32)24-13-7-3-8-14-24/h2-21H,1H3,(H,34,36)/b27-20+,28-21+. The lowest BCUT2D eigenvalue weighted by molar-refractivity contribution is 0.589. The van der Waals surface area contributed by atoms with Gasteiger partial charge in [0.25, 0.3) is 0 Å². The number of nitrogens with one attached hydrogen (secondary N) is 1. The second kappa shape index (κ2) is 10.8. The first-order valence-corrected chi connectivity index (χ1v) is 14.3. The van der Waals surface area contributed by atoms with E-state index in [2.05, 4.69) is 9.65 Å². The van der Waals surface area contributed by atoms with E-state index in [1.54, 1.807) is 11.6 Å². The van der Waals surface area contributed by atoms with Crippen molar-refractivity contribution in [2.45, 2.75) is 6.92 Å². The smallest absolute Gasteiger partial charge is 0.216 e. The van der Waals surface area contributed by atoms with Gasteiger partial charge < -0.3 is 5.09 Å². The minimum Gasteiger partial charge on any atom is -0.330 e.